The van der Waals surface area contributed by atoms with Crippen LogP contribution in [-0.2, 0) is 0 Å². The molecule has 88 valence electrons. The number of hydrogen-bond donors (Lipinski definition) is 1. The zero-order valence-corrected chi connectivity index (χ0v) is 10.5. The van der Waals surface area contributed by atoms with Crippen molar-refractivity contribution in [2.75, 3.05) is 6.61 Å². The Bertz CT molecular complexity index is 396. The number of aliphatic hydroxyl groups excluding tert-OH is 1. The Morgan fingerprint density at radius 2 is 2.00 bits per heavy atom. The topological polar surface area (TPSA) is 20.2 Å². The van der Waals surface area contributed by atoms with Gasteiger partial charge in [-0.3, -0.25) is 0 Å². The Hall–Kier alpha value is -0.300. The lowest BCUT2D eigenvalue weighted by Crippen LogP contribution is -2.38. The van der Waals surface area contributed by atoms with E-state index in [0.29, 0.717) is 28.8 Å². The van der Waals surface area contributed by atoms with Gasteiger partial charge in [-0.15, -0.1) is 0 Å². The van der Waals surface area contributed by atoms with Gasteiger partial charge in [-0.1, -0.05) is 32.9 Å². The summed E-state index contributed by atoms with van der Waals surface area (Å²) in [6.07, 6.45) is 7.58. The Morgan fingerprint density at radius 1 is 1.25 bits per heavy atom. The molecule has 3 fully saturated rings. The molecule has 0 aromatic rings. The van der Waals surface area contributed by atoms with Gasteiger partial charge in [0.05, 0.1) is 0 Å². The maximum atomic E-state index is 9.72. The number of fused-ring (bicyclic) bond motifs is 1. The van der Waals surface area contributed by atoms with E-state index in [0.717, 1.165) is 17.8 Å². The zero-order chi connectivity index (χ0) is 11.3. The third kappa shape index (κ3) is 0.620. The highest BCUT2D eigenvalue weighted by Crippen LogP contribution is 2.90. The van der Waals surface area contributed by atoms with Crippen molar-refractivity contribution in [2.24, 2.45) is 39.9 Å². The van der Waals surface area contributed by atoms with Crippen LogP contribution < -0.4 is 0 Å². The van der Waals surface area contributed by atoms with Crippen LogP contribution in [0.1, 0.15) is 33.6 Å². The minimum absolute atomic E-state index is 0.362. The molecule has 1 N–H and O–H groups in total. The van der Waals surface area contributed by atoms with Gasteiger partial charge in [0.2, 0.25) is 0 Å². The van der Waals surface area contributed by atoms with E-state index in [4.69, 9.17) is 0 Å². The molecule has 0 aromatic carbocycles. The van der Waals surface area contributed by atoms with Crippen molar-refractivity contribution >= 4 is 0 Å². The van der Waals surface area contributed by atoms with E-state index in [9.17, 15) is 5.11 Å². The van der Waals surface area contributed by atoms with Crippen molar-refractivity contribution in [1.82, 2.24) is 0 Å². The Morgan fingerprint density at radius 3 is 2.69 bits per heavy atom. The molecule has 4 aliphatic rings. The summed E-state index contributed by atoms with van der Waals surface area (Å²) < 4.78 is 0. The van der Waals surface area contributed by atoms with Gasteiger partial charge in [-0.2, -0.15) is 0 Å². The van der Waals surface area contributed by atoms with Gasteiger partial charge in [-0.05, 0) is 47.3 Å². The van der Waals surface area contributed by atoms with Crippen molar-refractivity contribution in [3.63, 3.8) is 0 Å². The fourth-order valence-corrected chi connectivity index (χ4v) is 6.74. The molecule has 4 rings (SSSR count). The average Bonchev–Trinajstić information content (AvgIpc) is 2.52. The van der Waals surface area contributed by atoms with Gasteiger partial charge < -0.3 is 5.11 Å². The highest BCUT2D eigenvalue weighted by atomic mass is 16.3. The van der Waals surface area contributed by atoms with E-state index in [1.807, 2.05) is 0 Å². The van der Waals surface area contributed by atoms with Crippen LogP contribution in [0.3, 0.4) is 0 Å². The number of allylic oxidation sites excluding steroid dienone is 2. The standard InChI is InChI=1S/C15H22O/c1-13(2)11-5-4-9(8-16)15(11)7-6-10-12(13)14(10,15)3/h6-7,9-12,16H,4-5,8H2,1-3H3/t9-,10?,11-,12-,14-,15-/m0/s1. The molecule has 0 radical (unpaired) electrons. The molecule has 3 saturated carbocycles. The molecule has 1 spiro atoms. The van der Waals surface area contributed by atoms with Crippen molar-refractivity contribution in [3.05, 3.63) is 12.2 Å². The van der Waals surface area contributed by atoms with Crippen molar-refractivity contribution < 1.29 is 5.11 Å². The molecule has 1 unspecified atom stereocenters. The van der Waals surface area contributed by atoms with Crippen molar-refractivity contribution in [3.8, 4) is 0 Å². The lowest BCUT2D eigenvalue weighted by molar-refractivity contribution is 0.0601. The number of aliphatic hydroxyl groups is 1. The second kappa shape index (κ2) is 2.29. The average molecular weight is 218 g/mol. The quantitative estimate of drug-likeness (QED) is 0.671. The highest BCUT2D eigenvalue weighted by Gasteiger charge is 2.86. The van der Waals surface area contributed by atoms with Gasteiger partial charge in [0.15, 0.2) is 0 Å². The highest BCUT2D eigenvalue weighted by molar-refractivity contribution is 5.44. The largest absolute Gasteiger partial charge is 0.396 e. The summed E-state index contributed by atoms with van der Waals surface area (Å²) in [7, 11) is 0. The van der Waals surface area contributed by atoms with Crippen LogP contribution in [0, 0.1) is 39.9 Å². The van der Waals surface area contributed by atoms with E-state index in [1.165, 1.54) is 12.8 Å². The van der Waals surface area contributed by atoms with E-state index in [1.54, 1.807) is 0 Å². The minimum Gasteiger partial charge on any atom is -0.396 e. The summed E-state index contributed by atoms with van der Waals surface area (Å²) in [5.41, 5.74) is 1.36. The molecule has 0 saturated heterocycles. The van der Waals surface area contributed by atoms with Gasteiger partial charge >= 0.3 is 0 Å². The van der Waals surface area contributed by atoms with Gasteiger partial charge in [0, 0.05) is 12.0 Å². The van der Waals surface area contributed by atoms with E-state index in [-0.39, 0.29) is 0 Å². The Kier molecular flexibility index (Phi) is 1.39. The maximum Gasteiger partial charge on any atom is 0.0467 e. The van der Waals surface area contributed by atoms with Gasteiger partial charge in [-0.25, -0.2) is 0 Å². The molecular formula is C15H22O. The molecule has 1 nitrogen and oxygen atoms in total. The molecule has 0 aliphatic heterocycles. The fraction of sp³-hybridized carbons (Fsp3) is 0.867. The molecule has 0 aromatic heterocycles. The Labute approximate surface area is 97.9 Å². The normalized spacial score (nSPS) is 63.5. The van der Waals surface area contributed by atoms with Crippen molar-refractivity contribution in [1.29, 1.82) is 0 Å². The van der Waals surface area contributed by atoms with E-state index >= 15 is 0 Å². The smallest absolute Gasteiger partial charge is 0.0467 e. The molecule has 4 aliphatic carbocycles. The summed E-state index contributed by atoms with van der Waals surface area (Å²) >= 11 is 0. The molecular weight excluding hydrogens is 196 g/mol. The molecule has 16 heavy (non-hydrogen) atoms. The van der Waals surface area contributed by atoms with Gasteiger partial charge in [0.1, 0.15) is 0 Å². The first-order valence-electron chi connectivity index (χ1n) is 6.81. The second-order valence-corrected chi connectivity index (χ2v) is 7.41. The lowest BCUT2D eigenvalue weighted by atomic mass is 9.63. The van der Waals surface area contributed by atoms with Crippen LogP contribution in [0.5, 0.6) is 0 Å². The van der Waals surface area contributed by atoms with Crippen LogP contribution in [0.2, 0.25) is 0 Å². The van der Waals surface area contributed by atoms with Crippen LogP contribution >= 0.6 is 0 Å². The third-order valence-corrected chi connectivity index (χ3v) is 7.08. The first-order chi connectivity index (χ1) is 7.51. The van der Waals surface area contributed by atoms with Crippen LogP contribution in [0.15, 0.2) is 12.2 Å². The minimum atomic E-state index is 0.362. The molecule has 0 bridgehead atoms. The summed E-state index contributed by atoms with van der Waals surface area (Å²) in [5.74, 6) is 3.08. The predicted molar refractivity (Wildman–Crippen MR) is 63.7 cm³/mol. The van der Waals surface area contributed by atoms with E-state index in [2.05, 4.69) is 32.9 Å². The zero-order valence-electron chi connectivity index (χ0n) is 10.5. The third-order valence-electron chi connectivity index (χ3n) is 7.08. The first-order valence-corrected chi connectivity index (χ1v) is 6.81. The van der Waals surface area contributed by atoms with Crippen molar-refractivity contribution in [2.45, 2.75) is 33.6 Å². The molecule has 0 amide bonds. The summed E-state index contributed by atoms with van der Waals surface area (Å²) in [5, 5.41) is 9.72. The molecule has 6 atom stereocenters. The lowest BCUT2D eigenvalue weighted by Gasteiger charge is -2.41. The Balaban J connectivity index is 1.93. The van der Waals surface area contributed by atoms with Crippen LogP contribution in [-0.4, -0.2) is 11.7 Å². The predicted octanol–water partition coefficient (Wildman–Crippen LogP) is 2.85. The fourth-order valence-electron chi connectivity index (χ4n) is 6.74. The van der Waals surface area contributed by atoms with Crippen LogP contribution in [0.25, 0.3) is 0 Å². The summed E-state index contributed by atoms with van der Waals surface area (Å²) in [4.78, 5) is 0. The monoisotopic (exact) mass is 218 g/mol. The molecule has 0 heterocycles. The number of hydrogen-bond acceptors (Lipinski definition) is 1. The summed E-state index contributed by atoms with van der Waals surface area (Å²) in [6, 6.07) is 0. The number of rotatable bonds is 1. The first kappa shape index (κ1) is 9.70. The second-order valence-electron chi connectivity index (χ2n) is 7.41. The van der Waals surface area contributed by atoms with E-state index < -0.39 is 0 Å². The SMILES string of the molecule is CC1(C)[C@@H]2CC[C@@H](CO)[C@@]23C=CC2[C@@H]1[C@]23C. The summed E-state index contributed by atoms with van der Waals surface area (Å²) in [6.45, 7) is 7.86. The van der Waals surface area contributed by atoms with Gasteiger partial charge in [0.25, 0.3) is 0 Å². The molecule has 1 heteroatoms. The van der Waals surface area contributed by atoms with Crippen LogP contribution in [0.4, 0.5) is 0 Å². The maximum absolute atomic E-state index is 9.72.